The molecule has 0 aliphatic carbocycles. The second-order valence-corrected chi connectivity index (χ2v) is 3.86. The van der Waals surface area contributed by atoms with E-state index in [1.807, 2.05) is 0 Å². The lowest BCUT2D eigenvalue weighted by atomic mass is 10.1. The fourth-order valence-electron chi connectivity index (χ4n) is 2.05. The molecule has 7 heteroatoms. The molecule has 2 aliphatic rings. The van der Waals surface area contributed by atoms with Crippen molar-refractivity contribution in [1.29, 1.82) is 0 Å². The van der Waals surface area contributed by atoms with Crippen molar-refractivity contribution < 1.29 is 24.3 Å². The van der Waals surface area contributed by atoms with Crippen molar-refractivity contribution in [3.63, 3.8) is 0 Å². The summed E-state index contributed by atoms with van der Waals surface area (Å²) < 4.78 is 12.6. The number of nitrogen functional groups attached to an aromatic ring is 1. The van der Waals surface area contributed by atoms with Crippen molar-refractivity contribution in [2.24, 2.45) is 0 Å². The topological polar surface area (TPSA) is 102 Å². The van der Waals surface area contributed by atoms with Gasteiger partial charge >= 0.3 is 6.01 Å². The maximum absolute atomic E-state index is 9.82. The molecule has 7 nitrogen and oxygen atoms in total. The molecule has 0 spiro atoms. The first-order valence-corrected chi connectivity index (χ1v) is 4.99. The number of aromatic nitrogens is 2. The Morgan fingerprint density at radius 3 is 3.12 bits per heavy atom. The van der Waals surface area contributed by atoms with Gasteiger partial charge in [-0.1, -0.05) is 0 Å². The standard InChI is InChI=1S/C9H11N3O4/c10-5-1-2-12-8-7(16-9(12)11-5)6(14)4(3-13)15-8/h1-2,4,6-8,10,13-14H,3H2/p+1/t4-,6-,7-,8+/m1/s1. The van der Waals surface area contributed by atoms with E-state index < -0.39 is 24.5 Å². The molecule has 4 N–H and O–H groups in total. The van der Waals surface area contributed by atoms with Crippen LogP contribution in [0.1, 0.15) is 6.23 Å². The molecule has 1 saturated heterocycles. The number of hydrogen-bond acceptors (Lipinski definition) is 6. The van der Waals surface area contributed by atoms with Crippen LogP contribution in [0, 0.1) is 0 Å². The predicted octanol–water partition coefficient (Wildman–Crippen LogP) is -2.04. The van der Waals surface area contributed by atoms with Gasteiger partial charge in [0, 0.05) is 11.1 Å². The number of rotatable bonds is 1. The Morgan fingerprint density at radius 1 is 1.56 bits per heavy atom. The summed E-state index contributed by atoms with van der Waals surface area (Å²) in [5.41, 5.74) is 5.52. The quantitative estimate of drug-likeness (QED) is 0.477. The molecular formula is C9H12N3O4+. The molecule has 3 heterocycles. The highest BCUT2D eigenvalue weighted by molar-refractivity contribution is 5.25. The number of aliphatic hydroxyl groups excluding tert-OH is 2. The zero-order valence-electron chi connectivity index (χ0n) is 8.35. The molecule has 0 radical (unpaired) electrons. The molecule has 16 heavy (non-hydrogen) atoms. The summed E-state index contributed by atoms with van der Waals surface area (Å²) in [7, 11) is 0. The summed E-state index contributed by atoms with van der Waals surface area (Å²) in [6.07, 6.45) is -0.776. The predicted molar refractivity (Wildman–Crippen MR) is 50.3 cm³/mol. The van der Waals surface area contributed by atoms with Crippen LogP contribution in [0.5, 0.6) is 6.01 Å². The van der Waals surface area contributed by atoms with E-state index >= 15 is 0 Å². The van der Waals surface area contributed by atoms with Crippen LogP contribution in [-0.2, 0) is 4.74 Å². The third kappa shape index (κ3) is 1.19. The molecule has 0 aromatic carbocycles. The van der Waals surface area contributed by atoms with E-state index in [0.29, 0.717) is 11.8 Å². The Kier molecular flexibility index (Phi) is 2.00. The van der Waals surface area contributed by atoms with Crippen molar-refractivity contribution in [2.75, 3.05) is 12.3 Å². The zero-order valence-corrected chi connectivity index (χ0v) is 8.35. The smallest absolute Gasteiger partial charge is 0.414 e. The van der Waals surface area contributed by atoms with E-state index in [1.165, 1.54) is 0 Å². The maximum Gasteiger partial charge on any atom is 0.503 e. The van der Waals surface area contributed by atoms with Gasteiger partial charge in [0.2, 0.25) is 18.1 Å². The number of ether oxygens (including phenoxy) is 2. The summed E-state index contributed by atoms with van der Waals surface area (Å²) in [4.78, 5) is 3.99. The molecule has 1 aromatic rings. The molecule has 86 valence electrons. The van der Waals surface area contributed by atoms with Gasteiger partial charge in [0.05, 0.1) is 6.61 Å². The molecule has 0 bridgehead atoms. The fraction of sp³-hybridized carbons (Fsp3) is 0.556. The minimum Gasteiger partial charge on any atom is -0.414 e. The van der Waals surface area contributed by atoms with Crippen molar-refractivity contribution in [3.8, 4) is 6.01 Å². The van der Waals surface area contributed by atoms with Crippen LogP contribution in [-0.4, -0.2) is 40.1 Å². The van der Waals surface area contributed by atoms with Crippen molar-refractivity contribution in [2.45, 2.75) is 24.5 Å². The molecule has 0 unspecified atom stereocenters. The average Bonchev–Trinajstić information content (AvgIpc) is 2.75. The lowest BCUT2D eigenvalue weighted by molar-refractivity contribution is -0.746. The summed E-state index contributed by atoms with van der Waals surface area (Å²) in [6, 6.07) is 1.95. The number of nitrogens with zero attached hydrogens (tertiary/aromatic N) is 2. The monoisotopic (exact) mass is 226 g/mol. The molecule has 0 amide bonds. The lowest BCUT2D eigenvalue weighted by Crippen LogP contribution is -2.39. The third-order valence-electron chi connectivity index (χ3n) is 2.86. The third-order valence-corrected chi connectivity index (χ3v) is 2.86. The first kappa shape index (κ1) is 9.76. The second kappa shape index (κ2) is 3.27. The van der Waals surface area contributed by atoms with Crippen LogP contribution in [0.2, 0.25) is 0 Å². The molecule has 4 atom stereocenters. The number of aliphatic hydroxyl groups is 2. The summed E-state index contributed by atoms with van der Waals surface area (Å²) in [5, 5.41) is 18.8. The number of anilines is 1. The van der Waals surface area contributed by atoms with Crippen molar-refractivity contribution in [1.82, 2.24) is 4.98 Å². The van der Waals surface area contributed by atoms with Gasteiger partial charge in [0.15, 0.2) is 0 Å². The van der Waals surface area contributed by atoms with Gasteiger partial charge < -0.3 is 25.4 Å². The normalized spacial score (nSPS) is 35.6. The van der Waals surface area contributed by atoms with Crippen LogP contribution in [0.15, 0.2) is 12.3 Å². The summed E-state index contributed by atoms with van der Waals surface area (Å²) in [6.45, 7) is -0.240. The van der Waals surface area contributed by atoms with Crippen LogP contribution in [0.25, 0.3) is 0 Å². The summed E-state index contributed by atoms with van der Waals surface area (Å²) in [5.74, 6) is 0.347. The molecule has 1 fully saturated rings. The first-order chi connectivity index (χ1) is 7.70. The van der Waals surface area contributed by atoms with E-state index in [9.17, 15) is 5.11 Å². The van der Waals surface area contributed by atoms with Crippen molar-refractivity contribution >= 4 is 5.82 Å². The molecule has 2 aliphatic heterocycles. The van der Waals surface area contributed by atoms with E-state index in [0.717, 1.165) is 0 Å². The lowest BCUT2D eigenvalue weighted by Gasteiger charge is -2.11. The Bertz CT molecular complexity index is 427. The Balaban J connectivity index is 1.96. The Labute approximate surface area is 91.0 Å². The zero-order chi connectivity index (χ0) is 11.3. The first-order valence-electron chi connectivity index (χ1n) is 4.99. The van der Waals surface area contributed by atoms with Gasteiger partial charge in [-0.15, -0.1) is 0 Å². The second-order valence-electron chi connectivity index (χ2n) is 3.86. The van der Waals surface area contributed by atoms with Gasteiger partial charge in [-0.2, -0.15) is 4.57 Å². The molecular weight excluding hydrogens is 214 g/mol. The van der Waals surface area contributed by atoms with Crippen LogP contribution < -0.4 is 15.0 Å². The Hall–Kier alpha value is -1.44. The van der Waals surface area contributed by atoms with E-state index in [2.05, 4.69) is 4.98 Å². The molecule has 0 saturated carbocycles. The van der Waals surface area contributed by atoms with Crippen LogP contribution in [0.4, 0.5) is 5.82 Å². The van der Waals surface area contributed by atoms with E-state index in [1.54, 1.807) is 16.8 Å². The number of nitrogens with two attached hydrogens (primary N) is 1. The van der Waals surface area contributed by atoms with E-state index in [-0.39, 0.29) is 6.61 Å². The fourth-order valence-corrected chi connectivity index (χ4v) is 2.05. The average molecular weight is 226 g/mol. The SMILES string of the molecule is Nc1cc[n+]2c(n1)O[C@@H]1[C@H](O)[C@@H](CO)O[C@@H]12. The van der Waals surface area contributed by atoms with Gasteiger partial charge in [0.25, 0.3) is 0 Å². The largest absolute Gasteiger partial charge is 0.503 e. The van der Waals surface area contributed by atoms with E-state index in [4.69, 9.17) is 20.3 Å². The summed E-state index contributed by atoms with van der Waals surface area (Å²) >= 11 is 0. The van der Waals surface area contributed by atoms with Gasteiger partial charge in [-0.25, -0.2) is 0 Å². The van der Waals surface area contributed by atoms with Gasteiger partial charge in [0.1, 0.15) is 18.4 Å². The number of hydrogen-bond donors (Lipinski definition) is 3. The Morgan fingerprint density at radius 2 is 2.38 bits per heavy atom. The minimum absolute atomic E-state index is 0.240. The van der Waals surface area contributed by atoms with Crippen molar-refractivity contribution in [3.05, 3.63) is 12.3 Å². The molecule has 1 aromatic heterocycles. The van der Waals surface area contributed by atoms with Crippen LogP contribution in [0.3, 0.4) is 0 Å². The minimum atomic E-state index is -0.863. The maximum atomic E-state index is 9.82. The molecule has 3 rings (SSSR count). The highest BCUT2D eigenvalue weighted by Crippen LogP contribution is 2.33. The van der Waals surface area contributed by atoms with Gasteiger partial charge in [-0.3, -0.25) is 0 Å². The highest BCUT2D eigenvalue weighted by Gasteiger charge is 2.55. The van der Waals surface area contributed by atoms with Gasteiger partial charge in [-0.05, 0) is 0 Å². The van der Waals surface area contributed by atoms with Crippen LogP contribution >= 0.6 is 0 Å². The highest BCUT2D eigenvalue weighted by atomic mass is 16.6. The number of fused-ring (bicyclic) bond motifs is 3.